The van der Waals surface area contributed by atoms with Crippen molar-refractivity contribution in [2.24, 2.45) is 5.92 Å². The zero-order chi connectivity index (χ0) is 17.2. The van der Waals surface area contributed by atoms with Gasteiger partial charge in [-0.05, 0) is 36.3 Å². The molecule has 0 saturated heterocycles. The van der Waals surface area contributed by atoms with E-state index in [9.17, 15) is 4.79 Å². The maximum Gasteiger partial charge on any atom is 0.249 e. The number of H-pyrrole nitrogens is 1. The molecule has 1 aliphatic rings. The third-order valence-corrected chi connectivity index (χ3v) is 4.18. The fourth-order valence-electron chi connectivity index (χ4n) is 2.46. The Morgan fingerprint density at radius 3 is 2.52 bits per heavy atom. The van der Waals surface area contributed by atoms with Gasteiger partial charge in [-0.2, -0.15) is 4.98 Å². The number of anilines is 1. The minimum Gasteiger partial charge on any atom is -0.308 e. The van der Waals surface area contributed by atoms with Gasteiger partial charge >= 0.3 is 0 Å². The Kier molecular flexibility index (Phi) is 6.19. The van der Waals surface area contributed by atoms with Gasteiger partial charge in [0.1, 0.15) is 0 Å². The summed E-state index contributed by atoms with van der Waals surface area (Å²) in [4.78, 5) is 16.2. The molecule has 0 spiro atoms. The number of aromatic amines is 1. The fraction of sp³-hybridized carbons (Fsp3) is 0.500. The van der Waals surface area contributed by atoms with Crippen molar-refractivity contribution >= 4 is 24.3 Å². The van der Waals surface area contributed by atoms with Crippen LogP contribution in [0, 0.1) is 5.92 Å². The van der Waals surface area contributed by atoms with E-state index in [2.05, 4.69) is 58.7 Å². The largest absolute Gasteiger partial charge is 0.308 e. The maximum absolute atomic E-state index is 11.8. The van der Waals surface area contributed by atoms with E-state index < -0.39 is 0 Å². The second-order valence-corrected chi connectivity index (χ2v) is 7.46. The van der Waals surface area contributed by atoms with Crippen molar-refractivity contribution in [1.82, 2.24) is 20.5 Å². The van der Waals surface area contributed by atoms with Crippen LogP contribution in [0.5, 0.6) is 0 Å². The number of nitrogens with one attached hydrogen (secondary N) is 3. The number of halogens is 1. The lowest BCUT2D eigenvalue weighted by molar-refractivity contribution is -0.115. The molecule has 1 saturated carbocycles. The molecule has 1 heterocycles. The van der Waals surface area contributed by atoms with E-state index in [0.29, 0.717) is 18.3 Å². The first-order valence-corrected chi connectivity index (χ1v) is 8.46. The van der Waals surface area contributed by atoms with E-state index in [4.69, 9.17) is 0 Å². The van der Waals surface area contributed by atoms with Gasteiger partial charge < -0.3 is 5.32 Å². The van der Waals surface area contributed by atoms with Crippen LogP contribution in [0.25, 0.3) is 11.4 Å². The molecule has 0 atom stereocenters. The Labute approximate surface area is 154 Å². The molecule has 7 heteroatoms. The van der Waals surface area contributed by atoms with Crippen molar-refractivity contribution in [1.29, 1.82) is 0 Å². The van der Waals surface area contributed by atoms with E-state index >= 15 is 0 Å². The van der Waals surface area contributed by atoms with Crippen molar-refractivity contribution in [3.63, 3.8) is 0 Å². The number of nitrogens with zero attached hydrogens (tertiary/aromatic N) is 2. The lowest BCUT2D eigenvalue weighted by atomic mass is 9.87. The molecule has 25 heavy (non-hydrogen) atoms. The number of hydrogen-bond acceptors (Lipinski definition) is 4. The molecule has 1 amide bonds. The van der Waals surface area contributed by atoms with Gasteiger partial charge in [0.2, 0.25) is 11.9 Å². The molecule has 0 aliphatic heterocycles. The van der Waals surface area contributed by atoms with E-state index in [1.165, 1.54) is 18.4 Å². The minimum atomic E-state index is -0.121. The van der Waals surface area contributed by atoms with Gasteiger partial charge in [-0.1, -0.05) is 45.0 Å². The predicted molar refractivity (Wildman–Crippen MR) is 102 cm³/mol. The second-order valence-electron chi connectivity index (χ2n) is 7.46. The van der Waals surface area contributed by atoms with Crippen LogP contribution in [-0.2, 0) is 10.2 Å². The lowest BCUT2D eigenvalue weighted by Crippen LogP contribution is -2.29. The SMILES string of the molecule is CC(C)(C)c1ccc(-c2nc(NC(=O)CNCC3CC3)n[nH]2)cc1.Cl. The summed E-state index contributed by atoms with van der Waals surface area (Å²) < 4.78 is 0. The number of benzene rings is 1. The van der Waals surface area contributed by atoms with Crippen LogP contribution in [0.2, 0.25) is 0 Å². The first-order chi connectivity index (χ1) is 11.4. The highest BCUT2D eigenvalue weighted by Gasteiger charge is 2.20. The zero-order valence-electron chi connectivity index (χ0n) is 14.9. The standard InChI is InChI=1S/C18H25N5O.ClH/c1-18(2,3)14-8-6-13(7-9-14)16-21-17(23-22-16)20-15(24)11-19-10-12-4-5-12;/h6-9,12,19H,4-5,10-11H2,1-3H3,(H2,20,21,22,23,24);1H. The summed E-state index contributed by atoms with van der Waals surface area (Å²) in [5, 5.41) is 12.8. The molecule has 1 aromatic carbocycles. The average Bonchev–Trinajstić information content (AvgIpc) is 3.24. The highest BCUT2D eigenvalue weighted by Crippen LogP contribution is 2.27. The van der Waals surface area contributed by atoms with Crippen LogP contribution in [0.1, 0.15) is 39.2 Å². The molecular weight excluding hydrogens is 338 g/mol. The minimum absolute atomic E-state index is 0. The Hall–Kier alpha value is -1.92. The number of hydrogen-bond donors (Lipinski definition) is 3. The quantitative estimate of drug-likeness (QED) is 0.736. The molecule has 0 bridgehead atoms. The topological polar surface area (TPSA) is 82.7 Å². The number of aromatic nitrogens is 3. The van der Waals surface area contributed by atoms with Crippen molar-refractivity contribution in [3.8, 4) is 11.4 Å². The molecule has 136 valence electrons. The lowest BCUT2D eigenvalue weighted by Gasteiger charge is -2.18. The highest BCUT2D eigenvalue weighted by atomic mass is 35.5. The van der Waals surface area contributed by atoms with Crippen LogP contribution in [-0.4, -0.2) is 34.2 Å². The molecule has 0 radical (unpaired) electrons. The molecule has 1 fully saturated rings. The summed E-state index contributed by atoms with van der Waals surface area (Å²) in [6.45, 7) is 7.75. The smallest absolute Gasteiger partial charge is 0.249 e. The fourth-order valence-corrected chi connectivity index (χ4v) is 2.46. The van der Waals surface area contributed by atoms with Crippen molar-refractivity contribution in [2.45, 2.75) is 39.0 Å². The van der Waals surface area contributed by atoms with Crippen LogP contribution < -0.4 is 10.6 Å². The van der Waals surface area contributed by atoms with Gasteiger partial charge in [-0.25, -0.2) is 0 Å². The van der Waals surface area contributed by atoms with Crippen LogP contribution >= 0.6 is 12.4 Å². The number of carbonyl (C=O) groups is 1. The summed E-state index contributed by atoms with van der Waals surface area (Å²) in [6.07, 6.45) is 2.54. The number of rotatable bonds is 6. The van der Waals surface area contributed by atoms with Crippen molar-refractivity contribution < 1.29 is 4.79 Å². The summed E-state index contributed by atoms with van der Waals surface area (Å²) in [6, 6.07) is 8.23. The third-order valence-electron chi connectivity index (χ3n) is 4.18. The second kappa shape index (κ2) is 7.97. The van der Waals surface area contributed by atoms with Gasteiger partial charge in [0.05, 0.1) is 6.54 Å². The highest BCUT2D eigenvalue weighted by molar-refractivity contribution is 5.90. The van der Waals surface area contributed by atoms with Gasteiger partial charge in [0, 0.05) is 5.56 Å². The Morgan fingerprint density at radius 2 is 1.92 bits per heavy atom. The monoisotopic (exact) mass is 363 g/mol. The third kappa shape index (κ3) is 5.54. The summed E-state index contributed by atoms with van der Waals surface area (Å²) >= 11 is 0. The van der Waals surface area contributed by atoms with E-state index in [0.717, 1.165) is 18.0 Å². The number of amides is 1. The van der Waals surface area contributed by atoms with Crippen LogP contribution in [0.3, 0.4) is 0 Å². The van der Waals surface area contributed by atoms with E-state index in [1.54, 1.807) is 0 Å². The van der Waals surface area contributed by atoms with Gasteiger partial charge in [0.25, 0.3) is 0 Å². The molecule has 1 aliphatic carbocycles. The first-order valence-electron chi connectivity index (χ1n) is 8.46. The Bertz CT molecular complexity index is 701. The van der Waals surface area contributed by atoms with Crippen molar-refractivity contribution in [2.75, 3.05) is 18.4 Å². The summed E-state index contributed by atoms with van der Waals surface area (Å²) in [5.41, 5.74) is 2.33. The first kappa shape index (κ1) is 19.4. The normalized spacial score (nSPS) is 14.0. The molecule has 0 unspecified atom stereocenters. The summed E-state index contributed by atoms with van der Waals surface area (Å²) in [5.74, 6) is 1.59. The van der Waals surface area contributed by atoms with Gasteiger partial charge in [-0.15, -0.1) is 17.5 Å². The average molecular weight is 364 g/mol. The molecule has 1 aromatic heterocycles. The Morgan fingerprint density at radius 1 is 1.24 bits per heavy atom. The summed E-state index contributed by atoms with van der Waals surface area (Å²) in [7, 11) is 0. The molecular formula is C18H26ClN5O. The molecule has 3 N–H and O–H groups in total. The number of carbonyl (C=O) groups excluding carboxylic acids is 1. The van der Waals surface area contributed by atoms with Gasteiger partial charge in [0.15, 0.2) is 5.82 Å². The molecule has 3 rings (SSSR count). The predicted octanol–water partition coefficient (Wildman–Crippen LogP) is 3.13. The maximum atomic E-state index is 11.8. The zero-order valence-corrected chi connectivity index (χ0v) is 15.7. The van der Waals surface area contributed by atoms with E-state index in [1.807, 2.05) is 12.1 Å². The van der Waals surface area contributed by atoms with E-state index in [-0.39, 0.29) is 23.7 Å². The van der Waals surface area contributed by atoms with Gasteiger partial charge in [-0.3, -0.25) is 15.2 Å². The molecule has 6 nitrogen and oxygen atoms in total. The van der Waals surface area contributed by atoms with Crippen LogP contribution in [0.15, 0.2) is 24.3 Å². The van der Waals surface area contributed by atoms with Crippen molar-refractivity contribution in [3.05, 3.63) is 29.8 Å². The molecule has 2 aromatic rings. The van der Waals surface area contributed by atoms with Crippen LogP contribution in [0.4, 0.5) is 5.95 Å². The Balaban J connectivity index is 0.00000225.